The molecule has 0 aromatic heterocycles. The molecule has 0 atom stereocenters. The van der Waals surface area contributed by atoms with E-state index in [1.54, 1.807) is 42.5 Å². The Hall–Kier alpha value is -2.92. The molecule has 1 amide bonds. The van der Waals surface area contributed by atoms with Crippen molar-refractivity contribution in [2.45, 2.75) is 23.1 Å². The van der Waals surface area contributed by atoms with Crippen LogP contribution in [0.25, 0.3) is 0 Å². The molecule has 0 saturated carbocycles. The number of hydrogen-bond donors (Lipinski definition) is 0. The highest BCUT2D eigenvalue weighted by molar-refractivity contribution is 7.92. The van der Waals surface area contributed by atoms with Gasteiger partial charge in [-0.3, -0.25) is 9.10 Å². The summed E-state index contributed by atoms with van der Waals surface area (Å²) in [7, 11) is -4.79. The van der Waals surface area contributed by atoms with E-state index < -0.39 is 32.5 Å². The molecule has 0 spiro atoms. The number of carbonyl (C=O) groups excluding carboxylic acids is 1. The molecule has 0 N–H and O–H groups in total. The lowest BCUT2D eigenvalue weighted by molar-refractivity contribution is -0.117. The number of amides is 1. The Morgan fingerprint density at radius 1 is 0.917 bits per heavy atom. The Balaban J connectivity index is 1.68. The molecule has 1 aliphatic heterocycles. The van der Waals surface area contributed by atoms with Crippen LogP contribution in [0.2, 0.25) is 5.02 Å². The molecule has 11 heteroatoms. The lowest BCUT2D eigenvalue weighted by atomic mass is 10.2. The van der Waals surface area contributed by atoms with Crippen molar-refractivity contribution in [1.82, 2.24) is 4.31 Å². The second-order valence-electron chi connectivity index (χ2n) is 8.68. The molecule has 0 saturated heterocycles. The lowest BCUT2D eigenvalue weighted by Crippen LogP contribution is -2.42. The number of fused-ring (bicyclic) bond motifs is 1. The minimum atomic E-state index is -4.08. The highest BCUT2D eigenvalue weighted by atomic mass is 35.5. The van der Waals surface area contributed by atoms with Crippen LogP contribution in [0.5, 0.6) is 0 Å². The van der Waals surface area contributed by atoms with Gasteiger partial charge in [0.1, 0.15) is 6.54 Å². The van der Waals surface area contributed by atoms with Gasteiger partial charge in [-0.2, -0.15) is 0 Å². The van der Waals surface area contributed by atoms with Crippen molar-refractivity contribution in [2.24, 2.45) is 0 Å². The highest BCUT2D eigenvalue weighted by Gasteiger charge is 2.32. The molecular weight excluding hydrogens is 522 g/mol. The van der Waals surface area contributed by atoms with Gasteiger partial charge in [-0.25, -0.2) is 21.1 Å². The summed E-state index contributed by atoms with van der Waals surface area (Å²) in [6.07, 6.45) is 0.458. The number of hydrogen-bond acceptors (Lipinski definition) is 5. The molecule has 0 fully saturated rings. The molecular formula is C25H26ClN3O5S2. The first-order valence-electron chi connectivity index (χ1n) is 11.1. The summed E-state index contributed by atoms with van der Waals surface area (Å²) in [6, 6.07) is 17.3. The maximum Gasteiger partial charge on any atom is 0.264 e. The van der Waals surface area contributed by atoms with E-state index in [4.69, 9.17) is 11.6 Å². The largest absolute Gasteiger partial charge is 0.310 e. The van der Waals surface area contributed by atoms with Gasteiger partial charge in [0.05, 0.1) is 15.5 Å². The molecule has 0 bridgehead atoms. The van der Waals surface area contributed by atoms with Crippen LogP contribution < -0.4 is 9.21 Å². The van der Waals surface area contributed by atoms with Crippen LogP contribution in [0.4, 0.5) is 11.4 Å². The highest BCUT2D eigenvalue weighted by Crippen LogP contribution is 2.32. The van der Waals surface area contributed by atoms with Crippen LogP contribution >= 0.6 is 11.6 Å². The smallest absolute Gasteiger partial charge is 0.264 e. The number of sulfonamides is 2. The third-order valence-corrected chi connectivity index (χ3v) is 9.84. The standard InChI is InChI=1S/C25H26ClN3O5S2/c1-18-7-9-22(10-8-18)36(33,34)29(21-6-4-5-20(26)16-21)17-25(30)28-14-13-19-15-23(11-12-24(19)28)35(31,32)27(2)3/h4-12,15-16H,13-14,17H2,1-3H3. The second-order valence-corrected chi connectivity index (χ2v) is 13.1. The number of rotatable bonds is 7. The monoisotopic (exact) mass is 547 g/mol. The Morgan fingerprint density at radius 2 is 1.58 bits per heavy atom. The minimum absolute atomic E-state index is 0.0567. The number of nitrogens with zero attached hydrogens (tertiary/aromatic N) is 3. The number of carbonyl (C=O) groups is 1. The number of benzene rings is 3. The Labute approximate surface area is 216 Å². The molecule has 1 aliphatic rings. The zero-order chi connectivity index (χ0) is 26.3. The van der Waals surface area contributed by atoms with E-state index in [-0.39, 0.29) is 15.5 Å². The molecule has 8 nitrogen and oxygen atoms in total. The van der Waals surface area contributed by atoms with Gasteiger partial charge in [0.15, 0.2) is 0 Å². The first-order valence-corrected chi connectivity index (χ1v) is 14.4. The van der Waals surface area contributed by atoms with Crippen LogP contribution in [0.1, 0.15) is 11.1 Å². The van der Waals surface area contributed by atoms with Crippen molar-refractivity contribution in [3.05, 3.63) is 82.9 Å². The van der Waals surface area contributed by atoms with Crippen LogP contribution in [-0.4, -0.2) is 54.2 Å². The van der Waals surface area contributed by atoms with Gasteiger partial charge in [-0.15, -0.1) is 0 Å². The Bertz CT molecular complexity index is 1520. The molecule has 0 unspecified atom stereocenters. The first kappa shape index (κ1) is 26.2. The van der Waals surface area contributed by atoms with Crippen LogP contribution in [-0.2, 0) is 31.3 Å². The van der Waals surface area contributed by atoms with Crippen molar-refractivity contribution in [3.8, 4) is 0 Å². The quantitative estimate of drug-likeness (QED) is 0.449. The van der Waals surface area contributed by atoms with Gasteiger partial charge < -0.3 is 4.90 Å². The van der Waals surface area contributed by atoms with Gasteiger partial charge in [0.25, 0.3) is 10.0 Å². The molecule has 4 rings (SSSR count). The van der Waals surface area contributed by atoms with Crippen molar-refractivity contribution in [2.75, 3.05) is 36.4 Å². The predicted octanol–water partition coefficient (Wildman–Crippen LogP) is 3.68. The van der Waals surface area contributed by atoms with Gasteiger partial charge >= 0.3 is 0 Å². The fraction of sp³-hybridized carbons (Fsp3) is 0.240. The van der Waals surface area contributed by atoms with Crippen LogP contribution in [0.15, 0.2) is 76.5 Å². The lowest BCUT2D eigenvalue weighted by Gasteiger charge is -2.27. The summed E-state index contributed by atoms with van der Waals surface area (Å²) >= 11 is 6.14. The van der Waals surface area contributed by atoms with Gasteiger partial charge in [0.2, 0.25) is 15.9 Å². The van der Waals surface area contributed by atoms with E-state index in [1.165, 1.54) is 43.3 Å². The summed E-state index contributed by atoms with van der Waals surface area (Å²) in [5.41, 5.74) is 2.45. The predicted molar refractivity (Wildman–Crippen MR) is 141 cm³/mol. The average molecular weight is 548 g/mol. The first-order chi connectivity index (χ1) is 16.9. The maximum absolute atomic E-state index is 13.6. The summed E-state index contributed by atoms with van der Waals surface area (Å²) in [5.74, 6) is -0.437. The summed E-state index contributed by atoms with van der Waals surface area (Å²) in [4.78, 5) is 15.1. The van der Waals surface area contributed by atoms with E-state index >= 15 is 0 Å². The van der Waals surface area contributed by atoms with Gasteiger partial charge in [-0.1, -0.05) is 35.4 Å². The van der Waals surface area contributed by atoms with Crippen molar-refractivity contribution < 1.29 is 21.6 Å². The molecule has 36 heavy (non-hydrogen) atoms. The fourth-order valence-electron chi connectivity index (χ4n) is 4.00. The zero-order valence-corrected chi connectivity index (χ0v) is 22.4. The van der Waals surface area contributed by atoms with Crippen molar-refractivity contribution in [3.63, 3.8) is 0 Å². The van der Waals surface area contributed by atoms with Crippen LogP contribution in [0.3, 0.4) is 0 Å². The zero-order valence-electron chi connectivity index (χ0n) is 20.0. The Kier molecular flexibility index (Phi) is 7.16. The second kappa shape index (κ2) is 9.85. The SMILES string of the molecule is Cc1ccc(S(=O)(=O)N(CC(=O)N2CCc3cc(S(=O)(=O)N(C)C)ccc32)c2cccc(Cl)c2)cc1. The number of halogens is 1. The van der Waals surface area contributed by atoms with Gasteiger partial charge in [0, 0.05) is 31.4 Å². The molecule has 190 valence electrons. The van der Waals surface area contributed by atoms with E-state index in [2.05, 4.69) is 0 Å². The summed E-state index contributed by atoms with van der Waals surface area (Å²) < 4.78 is 54.4. The third-order valence-electron chi connectivity index (χ3n) is 6.01. The van der Waals surface area contributed by atoms with Gasteiger partial charge in [-0.05, 0) is 67.4 Å². The normalized spacial score (nSPS) is 13.6. The molecule has 0 aliphatic carbocycles. The van der Waals surface area contributed by atoms with E-state index in [0.29, 0.717) is 29.2 Å². The molecule has 3 aromatic carbocycles. The van der Waals surface area contributed by atoms with Crippen molar-refractivity contribution in [1.29, 1.82) is 0 Å². The third kappa shape index (κ3) is 4.99. The van der Waals surface area contributed by atoms with E-state index in [1.807, 2.05) is 6.92 Å². The van der Waals surface area contributed by atoms with Crippen molar-refractivity contribution >= 4 is 48.9 Å². The summed E-state index contributed by atoms with van der Waals surface area (Å²) in [5, 5.41) is 0.338. The molecule has 0 radical (unpaired) electrons. The fourth-order valence-corrected chi connectivity index (χ4v) is 6.54. The maximum atomic E-state index is 13.6. The van der Waals surface area contributed by atoms with E-state index in [0.717, 1.165) is 14.2 Å². The Morgan fingerprint density at radius 3 is 2.22 bits per heavy atom. The van der Waals surface area contributed by atoms with Crippen LogP contribution in [0, 0.1) is 6.92 Å². The number of anilines is 2. The topological polar surface area (TPSA) is 95.1 Å². The average Bonchev–Trinajstić information content (AvgIpc) is 3.26. The summed E-state index contributed by atoms with van der Waals surface area (Å²) in [6.45, 7) is 1.72. The molecule has 3 aromatic rings. The molecule has 1 heterocycles. The number of aryl methyl sites for hydroxylation is 1. The van der Waals surface area contributed by atoms with E-state index in [9.17, 15) is 21.6 Å². The minimum Gasteiger partial charge on any atom is -0.310 e.